The molecule has 1 heterocycles. The molecule has 0 aliphatic heterocycles. The third-order valence-electron chi connectivity index (χ3n) is 3.76. The van der Waals surface area contributed by atoms with Gasteiger partial charge in [0.2, 0.25) is 0 Å². The van der Waals surface area contributed by atoms with E-state index in [1.165, 1.54) is 0 Å². The molecule has 0 saturated carbocycles. The Balaban J connectivity index is 2.55. The van der Waals surface area contributed by atoms with Gasteiger partial charge in [0.25, 0.3) is 5.82 Å². The molecule has 0 fully saturated rings. The predicted molar refractivity (Wildman–Crippen MR) is 93.8 cm³/mol. The Morgan fingerprint density at radius 3 is 2.12 bits per heavy atom. The van der Waals surface area contributed by atoms with E-state index in [9.17, 15) is 5.11 Å². The minimum Gasteiger partial charge on any atom is -0.853 e. The summed E-state index contributed by atoms with van der Waals surface area (Å²) in [5.41, 5.74) is 0.191. The van der Waals surface area contributed by atoms with Crippen LogP contribution in [0, 0.1) is 0 Å². The van der Waals surface area contributed by atoms with Crippen molar-refractivity contribution < 1.29 is 14.4 Å². The first-order valence-corrected chi connectivity index (χ1v) is 8.08. The molecule has 0 saturated heterocycles. The van der Waals surface area contributed by atoms with E-state index in [4.69, 9.17) is 4.74 Å². The smallest absolute Gasteiger partial charge is 0.293 e. The van der Waals surface area contributed by atoms with E-state index in [-0.39, 0.29) is 17.0 Å². The topological polar surface area (TPSA) is 53.5 Å². The van der Waals surface area contributed by atoms with Gasteiger partial charge < -0.3 is 9.84 Å². The summed E-state index contributed by atoms with van der Waals surface area (Å²) in [6.45, 7) is 12.4. The SMILES string of the molecule is COc1ccc(N=C([O-])c2n(C(C)(C)C)cc[n+]2C(C)(C)C)cc1. The minimum absolute atomic E-state index is 0.211. The van der Waals surface area contributed by atoms with Gasteiger partial charge in [0.15, 0.2) is 0 Å². The fourth-order valence-electron chi connectivity index (χ4n) is 2.50. The van der Waals surface area contributed by atoms with Gasteiger partial charge in [-0.2, -0.15) is 0 Å². The Hall–Kier alpha value is -2.30. The van der Waals surface area contributed by atoms with Gasteiger partial charge in [-0.15, -0.1) is 0 Å². The minimum atomic E-state index is -0.255. The van der Waals surface area contributed by atoms with Crippen molar-refractivity contribution >= 4 is 11.6 Å². The lowest BCUT2D eigenvalue weighted by atomic mass is 10.1. The van der Waals surface area contributed by atoms with Crippen LogP contribution in [0.4, 0.5) is 5.69 Å². The molecule has 0 bridgehead atoms. The number of methoxy groups -OCH3 is 1. The van der Waals surface area contributed by atoms with E-state index in [1.807, 2.05) is 21.5 Å². The molecule has 1 aromatic heterocycles. The van der Waals surface area contributed by atoms with E-state index in [0.717, 1.165) is 5.75 Å². The van der Waals surface area contributed by atoms with Crippen LogP contribution in [0.2, 0.25) is 0 Å². The van der Waals surface area contributed by atoms with Crippen LogP contribution in [-0.2, 0) is 11.1 Å². The summed E-state index contributed by atoms with van der Waals surface area (Å²) in [6.07, 6.45) is 3.89. The molecule has 5 heteroatoms. The molecule has 1 aromatic carbocycles. The quantitative estimate of drug-likeness (QED) is 0.494. The van der Waals surface area contributed by atoms with Crippen LogP contribution < -0.4 is 14.4 Å². The molecule has 0 amide bonds. The van der Waals surface area contributed by atoms with Gasteiger partial charge in [-0.3, -0.25) is 4.99 Å². The number of hydrogen-bond donors (Lipinski definition) is 0. The molecule has 130 valence electrons. The predicted octanol–water partition coefficient (Wildman–Crippen LogP) is 2.73. The van der Waals surface area contributed by atoms with Gasteiger partial charge in [-0.05, 0) is 65.8 Å². The van der Waals surface area contributed by atoms with Crippen molar-refractivity contribution in [2.45, 2.75) is 52.6 Å². The Morgan fingerprint density at radius 1 is 1.08 bits per heavy atom. The van der Waals surface area contributed by atoms with Crippen molar-refractivity contribution in [3.8, 4) is 5.75 Å². The largest absolute Gasteiger partial charge is 0.853 e. The number of aliphatic imine (C=N–C) groups is 1. The molecule has 0 atom stereocenters. The molecule has 0 radical (unpaired) electrons. The average Bonchev–Trinajstić information content (AvgIpc) is 2.93. The first-order chi connectivity index (χ1) is 11.0. The van der Waals surface area contributed by atoms with Crippen molar-refractivity contribution in [1.82, 2.24) is 4.57 Å². The molecule has 24 heavy (non-hydrogen) atoms. The fraction of sp³-hybridized carbons (Fsp3) is 0.474. The summed E-state index contributed by atoms with van der Waals surface area (Å²) in [5, 5.41) is 12.9. The number of imidazole rings is 1. The monoisotopic (exact) mass is 329 g/mol. The molecule has 2 aromatic rings. The molecule has 0 aliphatic rings. The zero-order chi connectivity index (χ0) is 18.1. The summed E-state index contributed by atoms with van der Waals surface area (Å²) in [4.78, 5) is 4.29. The van der Waals surface area contributed by atoms with Gasteiger partial charge >= 0.3 is 0 Å². The van der Waals surface area contributed by atoms with Gasteiger partial charge in [-0.25, -0.2) is 9.13 Å². The molecule has 5 nitrogen and oxygen atoms in total. The van der Waals surface area contributed by atoms with Gasteiger partial charge in [-0.1, -0.05) is 0 Å². The highest BCUT2D eigenvalue weighted by molar-refractivity contribution is 5.87. The first kappa shape index (κ1) is 18.0. The lowest BCUT2D eigenvalue weighted by molar-refractivity contribution is -0.756. The second-order valence-corrected chi connectivity index (χ2v) is 7.82. The highest BCUT2D eigenvalue weighted by Crippen LogP contribution is 2.21. The number of ether oxygens (including phenoxy) is 1. The molecular weight excluding hydrogens is 302 g/mol. The van der Waals surface area contributed by atoms with E-state index < -0.39 is 0 Å². The summed E-state index contributed by atoms with van der Waals surface area (Å²) in [6, 6.07) is 7.16. The number of nitrogens with zero attached hydrogens (tertiary/aromatic N) is 3. The van der Waals surface area contributed by atoms with E-state index in [0.29, 0.717) is 11.5 Å². The summed E-state index contributed by atoms with van der Waals surface area (Å²) in [7, 11) is 1.61. The van der Waals surface area contributed by atoms with Crippen molar-refractivity contribution in [3.05, 3.63) is 42.5 Å². The van der Waals surface area contributed by atoms with Crippen molar-refractivity contribution in [2.24, 2.45) is 4.99 Å². The maximum absolute atomic E-state index is 12.9. The first-order valence-electron chi connectivity index (χ1n) is 8.08. The standard InChI is InChI=1S/C19H27N3O2/c1-18(2,3)21-12-13-22(19(4,5)6)17(21)16(23)20-14-8-10-15(24-7)11-9-14/h8-13H,1-7H3. The van der Waals surface area contributed by atoms with Gasteiger partial charge in [0.05, 0.1) is 18.7 Å². The number of hydrogen-bond acceptors (Lipinski definition) is 3. The Kier molecular flexibility index (Phi) is 4.74. The lowest BCUT2D eigenvalue weighted by Gasteiger charge is -2.23. The van der Waals surface area contributed by atoms with Crippen LogP contribution in [-0.4, -0.2) is 17.6 Å². The molecular formula is C19H27N3O2. The third kappa shape index (κ3) is 3.78. The fourth-order valence-corrected chi connectivity index (χ4v) is 2.50. The highest BCUT2D eigenvalue weighted by Gasteiger charge is 2.32. The van der Waals surface area contributed by atoms with Crippen LogP contribution in [0.15, 0.2) is 41.7 Å². The molecule has 0 aliphatic carbocycles. The van der Waals surface area contributed by atoms with Gasteiger partial charge in [0.1, 0.15) is 29.2 Å². The van der Waals surface area contributed by atoms with Crippen molar-refractivity contribution in [1.29, 1.82) is 0 Å². The number of rotatable bonds is 3. The molecule has 2 rings (SSSR count). The molecule has 0 unspecified atom stereocenters. The normalized spacial score (nSPS) is 13.2. The lowest BCUT2D eigenvalue weighted by Crippen LogP contribution is -2.55. The molecule has 0 N–H and O–H groups in total. The van der Waals surface area contributed by atoms with Crippen LogP contribution >= 0.6 is 0 Å². The third-order valence-corrected chi connectivity index (χ3v) is 3.76. The number of aromatic nitrogens is 2. The highest BCUT2D eigenvalue weighted by atomic mass is 16.5. The van der Waals surface area contributed by atoms with Crippen LogP contribution in [0.5, 0.6) is 5.75 Å². The van der Waals surface area contributed by atoms with Crippen LogP contribution in [0.25, 0.3) is 0 Å². The zero-order valence-electron chi connectivity index (χ0n) is 15.6. The summed E-state index contributed by atoms with van der Waals surface area (Å²) in [5.74, 6) is 1.06. The maximum atomic E-state index is 12.9. The number of benzene rings is 1. The van der Waals surface area contributed by atoms with Crippen molar-refractivity contribution in [3.63, 3.8) is 0 Å². The Morgan fingerprint density at radius 2 is 1.67 bits per heavy atom. The van der Waals surface area contributed by atoms with Crippen LogP contribution in [0.3, 0.4) is 0 Å². The van der Waals surface area contributed by atoms with Crippen molar-refractivity contribution in [2.75, 3.05) is 7.11 Å². The Labute approximate surface area is 144 Å². The maximum Gasteiger partial charge on any atom is 0.293 e. The van der Waals surface area contributed by atoms with E-state index in [2.05, 4.69) is 46.5 Å². The van der Waals surface area contributed by atoms with Gasteiger partial charge in [0, 0.05) is 0 Å². The summed E-state index contributed by atoms with van der Waals surface area (Å²) < 4.78 is 9.10. The van der Waals surface area contributed by atoms with E-state index >= 15 is 0 Å². The van der Waals surface area contributed by atoms with E-state index in [1.54, 1.807) is 31.4 Å². The molecule has 0 spiro atoms. The Bertz CT molecular complexity index is 698. The summed E-state index contributed by atoms with van der Waals surface area (Å²) >= 11 is 0. The second kappa shape index (κ2) is 6.30. The second-order valence-electron chi connectivity index (χ2n) is 7.82. The van der Waals surface area contributed by atoms with Crippen LogP contribution in [0.1, 0.15) is 47.4 Å². The zero-order valence-corrected chi connectivity index (χ0v) is 15.6. The average molecular weight is 329 g/mol.